The highest BCUT2D eigenvalue weighted by atomic mass is 32.2. The maximum absolute atomic E-state index is 10.6. The van der Waals surface area contributed by atoms with Crippen LogP contribution in [0.5, 0.6) is 11.5 Å². The second-order valence-electron chi connectivity index (χ2n) is 3.53. The lowest BCUT2D eigenvalue weighted by Gasteiger charge is -2.09. The Morgan fingerprint density at radius 1 is 1.25 bits per heavy atom. The van der Waals surface area contributed by atoms with E-state index < -0.39 is 11.4 Å². The summed E-state index contributed by atoms with van der Waals surface area (Å²) in [5, 5.41) is 13.2. The normalized spacial score (nSPS) is 12.3. The Kier molecular flexibility index (Phi) is 5.17. The van der Waals surface area contributed by atoms with Gasteiger partial charge in [0.15, 0.2) is 0 Å². The van der Waals surface area contributed by atoms with Crippen LogP contribution in [0.1, 0.15) is 0 Å². The summed E-state index contributed by atoms with van der Waals surface area (Å²) >= 11 is -1.61. The molecule has 0 saturated carbocycles. The van der Waals surface area contributed by atoms with Crippen molar-refractivity contribution in [2.75, 3.05) is 7.11 Å². The summed E-state index contributed by atoms with van der Waals surface area (Å²) in [6.45, 7) is 0. The lowest BCUT2D eigenvalue weighted by atomic mass is 10.1. The van der Waals surface area contributed by atoms with Crippen LogP contribution in [-0.4, -0.2) is 21.1 Å². The smallest absolute Gasteiger partial charge is 0.357 e. The van der Waals surface area contributed by atoms with E-state index in [2.05, 4.69) is 9.37 Å². The van der Waals surface area contributed by atoms with Gasteiger partial charge in [0.25, 0.3) is 0 Å². The van der Waals surface area contributed by atoms with Crippen LogP contribution >= 0.6 is 12.0 Å². The molecule has 0 spiro atoms. The second-order valence-corrected chi connectivity index (χ2v) is 4.91. The third-order valence-electron chi connectivity index (χ3n) is 2.41. The first-order chi connectivity index (χ1) is 9.63. The van der Waals surface area contributed by atoms with E-state index in [9.17, 15) is 4.21 Å². The highest BCUT2D eigenvalue weighted by Crippen LogP contribution is 2.34. The quantitative estimate of drug-likeness (QED) is 0.363. The van der Waals surface area contributed by atoms with E-state index in [0.717, 1.165) is 17.4 Å². The SMILES string of the molecule is COc1cc(SOOO)cc2cc(OS(=O)O)ccc12. The predicted molar refractivity (Wildman–Crippen MR) is 72.6 cm³/mol. The van der Waals surface area contributed by atoms with Crippen molar-refractivity contribution in [1.82, 2.24) is 0 Å². The van der Waals surface area contributed by atoms with Gasteiger partial charge < -0.3 is 8.92 Å². The summed E-state index contributed by atoms with van der Waals surface area (Å²) in [6, 6.07) is 8.24. The molecule has 0 aliphatic heterocycles. The van der Waals surface area contributed by atoms with Crippen molar-refractivity contribution < 1.29 is 32.3 Å². The number of hydrogen-bond donors (Lipinski definition) is 2. The fraction of sp³-hybridized carbons (Fsp3) is 0.0909. The molecule has 2 aromatic carbocycles. The predicted octanol–water partition coefficient (Wildman–Crippen LogP) is 2.79. The summed E-state index contributed by atoms with van der Waals surface area (Å²) < 4.78 is 33.6. The Balaban J connectivity index is 2.45. The van der Waals surface area contributed by atoms with Crippen molar-refractivity contribution in [3.63, 3.8) is 0 Å². The standard InChI is InChI=1S/C11H10O7S2/c1-15-11-6-9(19-18-17-12)5-7-4-8(16-20(13)14)2-3-10(7)11/h2-6,12H,1H3,(H,13,14). The minimum atomic E-state index is -2.39. The van der Waals surface area contributed by atoms with Gasteiger partial charge in [-0.05, 0) is 35.7 Å². The fourth-order valence-corrected chi connectivity index (χ4v) is 2.40. The van der Waals surface area contributed by atoms with Crippen molar-refractivity contribution >= 4 is 34.2 Å². The van der Waals surface area contributed by atoms with Gasteiger partial charge in [-0.15, -0.1) is 4.33 Å². The number of hydrogen-bond acceptors (Lipinski definition) is 7. The van der Waals surface area contributed by atoms with Crippen molar-refractivity contribution in [2.24, 2.45) is 0 Å². The largest absolute Gasteiger partial charge is 0.496 e. The molecule has 2 rings (SSSR count). The minimum Gasteiger partial charge on any atom is -0.496 e. The lowest BCUT2D eigenvalue weighted by Crippen LogP contribution is -1.97. The van der Waals surface area contributed by atoms with Gasteiger partial charge in [0.05, 0.1) is 19.2 Å². The van der Waals surface area contributed by atoms with Gasteiger partial charge in [-0.3, -0.25) is 4.55 Å². The summed E-state index contributed by atoms with van der Waals surface area (Å²) in [7, 11) is 1.51. The van der Waals surface area contributed by atoms with Crippen molar-refractivity contribution in [2.45, 2.75) is 4.90 Å². The van der Waals surface area contributed by atoms with Gasteiger partial charge >= 0.3 is 11.4 Å². The van der Waals surface area contributed by atoms with E-state index >= 15 is 0 Å². The van der Waals surface area contributed by atoms with E-state index in [0.29, 0.717) is 16.0 Å². The molecule has 0 heterocycles. The Morgan fingerprint density at radius 3 is 2.70 bits per heavy atom. The van der Waals surface area contributed by atoms with E-state index in [1.165, 1.54) is 7.11 Å². The fourth-order valence-electron chi connectivity index (χ4n) is 1.69. The van der Waals surface area contributed by atoms with Crippen LogP contribution in [0.15, 0.2) is 35.2 Å². The van der Waals surface area contributed by atoms with Crippen LogP contribution < -0.4 is 8.92 Å². The topological polar surface area (TPSA) is 94.5 Å². The van der Waals surface area contributed by atoms with Crippen molar-refractivity contribution in [1.29, 1.82) is 0 Å². The second kappa shape index (κ2) is 6.88. The molecular weight excluding hydrogens is 308 g/mol. The number of ether oxygens (including phenoxy) is 1. The summed E-state index contributed by atoms with van der Waals surface area (Å²) in [5.74, 6) is 0.810. The lowest BCUT2D eigenvalue weighted by molar-refractivity contribution is -0.432. The monoisotopic (exact) mass is 318 g/mol. The first-order valence-electron chi connectivity index (χ1n) is 5.20. The molecule has 9 heteroatoms. The maximum atomic E-state index is 10.6. The molecule has 1 unspecified atom stereocenters. The summed E-state index contributed by atoms with van der Waals surface area (Å²) in [6.07, 6.45) is 0. The van der Waals surface area contributed by atoms with Crippen molar-refractivity contribution in [3.8, 4) is 11.5 Å². The third-order valence-corrected chi connectivity index (χ3v) is 3.30. The molecule has 0 aliphatic rings. The molecule has 20 heavy (non-hydrogen) atoms. The van der Waals surface area contributed by atoms with Crippen LogP contribution in [0.25, 0.3) is 10.8 Å². The third kappa shape index (κ3) is 3.60. The first kappa shape index (κ1) is 15.0. The highest BCUT2D eigenvalue weighted by Gasteiger charge is 2.08. The molecule has 0 amide bonds. The molecule has 0 radical (unpaired) electrons. The van der Waals surface area contributed by atoms with Crippen LogP contribution in [0.2, 0.25) is 0 Å². The summed E-state index contributed by atoms with van der Waals surface area (Å²) in [5.41, 5.74) is 0. The van der Waals surface area contributed by atoms with Crippen LogP contribution in [0.4, 0.5) is 0 Å². The van der Waals surface area contributed by atoms with Crippen molar-refractivity contribution in [3.05, 3.63) is 30.3 Å². The Hall–Kier alpha value is -1.36. The number of benzene rings is 2. The van der Waals surface area contributed by atoms with Crippen LogP contribution in [0.3, 0.4) is 0 Å². The molecule has 108 valence electrons. The molecule has 7 nitrogen and oxygen atoms in total. The van der Waals surface area contributed by atoms with Crippen LogP contribution in [0, 0.1) is 0 Å². The zero-order chi connectivity index (χ0) is 14.5. The molecule has 0 saturated heterocycles. The number of methoxy groups -OCH3 is 1. The van der Waals surface area contributed by atoms with Gasteiger partial charge in [0, 0.05) is 10.3 Å². The Bertz CT molecular complexity index is 631. The molecule has 0 aromatic heterocycles. The molecular formula is C11H10O7S2. The van der Waals surface area contributed by atoms with E-state index in [1.54, 1.807) is 30.3 Å². The molecule has 1 atom stereocenters. The zero-order valence-electron chi connectivity index (χ0n) is 10.1. The number of fused-ring (bicyclic) bond motifs is 1. The molecule has 2 N–H and O–H groups in total. The van der Waals surface area contributed by atoms with E-state index in [4.69, 9.17) is 18.7 Å². The van der Waals surface area contributed by atoms with E-state index in [-0.39, 0.29) is 5.75 Å². The molecule has 0 fully saturated rings. The summed E-state index contributed by atoms with van der Waals surface area (Å²) in [4.78, 5) is 0.602. The average Bonchev–Trinajstić information content (AvgIpc) is 2.43. The number of rotatable bonds is 6. The Labute approximate surface area is 121 Å². The van der Waals surface area contributed by atoms with Gasteiger partial charge in [0.1, 0.15) is 11.5 Å². The molecule has 0 bridgehead atoms. The van der Waals surface area contributed by atoms with Gasteiger partial charge in [-0.2, -0.15) is 4.21 Å². The zero-order valence-corrected chi connectivity index (χ0v) is 11.8. The van der Waals surface area contributed by atoms with Gasteiger partial charge in [0.2, 0.25) is 0 Å². The average molecular weight is 318 g/mol. The van der Waals surface area contributed by atoms with Gasteiger partial charge in [-0.25, -0.2) is 5.26 Å². The van der Waals surface area contributed by atoms with Crippen LogP contribution in [-0.2, 0) is 20.7 Å². The molecule has 2 aromatic rings. The minimum absolute atomic E-state index is 0.238. The van der Waals surface area contributed by atoms with Gasteiger partial charge in [-0.1, -0.05) is 5.04 Å². The molecule has 0 aliphatic carbocycles. The first-order valence-corrected chi connectivity index (χ1v) is 6.97. The van der Waals surface area contributed by atoms with E-state index in [1.807, 2.05) is 0 Å². The Morgan fingerprint density at radius 2 is 2.05 bits per heavy atom. The highest BCUT2D eigenvalue weighted by molar-refractivity contribution is 7.94. The maximum Gasteiger partial charge on any atom is 0.357 e.